The molecule has 1 atom stereocenters. The Hall–Kier alpha value is -0.610. The van der Waals surface area contributed by atoms with Gasteiger partial charge in [-0.1, -0.05) is 6.92 Å². The number of carbonyl (C=O) groups is 1. The molecule has 0 radical (unpaired) electrons. The third-order valence-electron chi connectivity index (χ3n) is 3.30. The fourth-order valence-electron chi connectivity index (χ4n) is 2.16. The van der Waals surface area contributed by atoms with Crippen molar-refractivity contribution in [2.75, 3.05) is 26.3 Å². The molecule has 1 N–H and O–H groups in total. The number of carboxylic acids is 1. The summed E-state index contributed by atoms with van der Waals surface area (Å²) in [4.78, 5) is 13.6. The van der Waals surface area contributed by atoms with Crippen LogP contribution >= 0.6 is 0 Å². The van der Waals surface area contributed by atoms with E-state index in [1.165, 1.54) is 0 Å². The van der Waals surface area contributed by atoms with Gasteiger partial charge >= 0.3 is 5.97 Å². The number of rotatable bonds is 6. The normalized spacial score (nSPS) is 25.6. The Bertz CT molecular complexity index is 234. The van der Waals surface area contributed by atoms with Crippen LogP contribution in [0.2, 0.25) is 0 Å². The number of nitrogens with zero attached hydrogens (tertiary/aromatic N) is 1. The van der Waals surface area contributed by atoms with Gasteiger partial charge in [0, 0.05) is 19.2 Å². The summed E-state index contributed by atoms with van der Waals surface area (Å²) in [5.74, 6) is -0.716. The van der Waals surface area contributed by atoms with Gasteiger partial charge < -0.3 is 9.84 Å². The first-order chi connectivity index (χ1) is 7.52. The van der Waals surface area contributed by atoms with E-state index < -0.39 is 11.4 Å². The molecule has 0 saturated carbocycles. The molecule has 0 amide bonds. The van der Waals surface area contributed by atoms with Crippen LogP contribution in [0.1, 0.15) is 33.6 Å². The quantitative estimate of drug-likeness (QED) is 0.751. The molecule has 4 nitrogen and oxygen atoms in total. The number of ether oxygens (including phenoxy) is 1. The Morgan fingerprint density at radius 3 is 2.62 bits per heavy atom. The van der Waals surface area contributed by atoms with Crippen molar-refractivity contribution in [2.45, 2.75) is 39.7 Å². The van der Waals surface area contributed by atoms with Gasteiger partial charge in [-0.2, -0.15) is 0 Å². The average molecular weight is 229 g/mol. The summed E-state index contributed by atoms with van der Waals surface area (Å²) in [7, 11) is 0. The summed E-state index contributed by atoms with van der Waals surface area (Å²) in [6, 6.07) is 0.386. The highest BCUT2D eigenvalue weighted by molar-refractivity contribution is 5.75. The molecule has 0 spiro atoms. The molecule has 1 aliphatic heterocycles. The summed E-state index contributed by atoms with van der Waals surface area (Å²) in [5, 5.41) is 9.36. The molecule has 1 saturated heterocycles. The topological polar surface area (TPSA) is 49.8 Å². The SMILES string of the molecule is CCCN(CC1(C(=O)O)CCOC1)C(C)C. The standard InChI is InChI=1S/C12H23NO3/c1-4-6-13(10(2)3)8-12(11(14)15)5-7-16-9-12/h10H,4-9H2,1-3H3,(H,14,15). The van der Waals surface area contributed by atoms with Gasteiger partial charge in [-0.25, -0.2) is 0 Å². The largest absolute Gasteiger partial charge is 0.481 e. The second kappa shape index (κ2) is 5.64. The summed E-state index contributed by atoms with van der Waals surface area (Å²) >= 11 is 0. The first-order valence-electron chi connectivity index (χ1n) is 6.07. The van der Waals surface area contributed by atoms with Crippen LogP contribution < -0.4 is 0 Å². The predicted molar refractivity (Wildman–Crippen MR) is 62.5 cm³/mol. The van der Waals surface area contributed by atoms with Crippen LogP contribution in [0.5, 0.6) is 0 Å². The van der Waals surface area contributed by atoms with Crippen molar-refractivity contribution in [3.8, 4) is 0 Å². The number of hydrogen-bond donors (Lipinski definition) is 1. The van der Waals surface area contributed by atoms with E-state index in [0.29, 0.717) is 32.2 Å². The van der Waals surface area contributed by atoms with Crippen molar-refractivity contribution >= 4 is 5.97 Å². The Morgan fingerprint density at radius 1 is 1.56 bits per heavy atom. The van der Waals surface area contributed by atoms with Gasteiger partial charge in [0.15, 0.2) is 0 Å². The zero-order chi connectivity index (χ0) is 12.2. The van der Waals surface area contributed by atoms with Crippen molar-refractivity contribution in [3.63, 3.8) is 0 Å². The van der Waals surface area contributed by atoms with Crippen LogP contribution in [0.15, 0.2) is 0 Å². The van der Waals surface area contributed by atoms with Gasteiger partial charge in [0.2, 0.25) is 0 Å². The molecule has 0 aromatic carbocycles. The third-order valence-corrected chi connectivity index (χ3v) is 3.30. The van der Waals surface area contributed by atoms with Crippen LogP contribution in [-0.4, -0.2) is 48.3 Å². The Morgan fingerprint density at radius 2 is 2.25 bits per heavy atom. The molecular weight excluding hydrogens is 206 g/mol. The van der Waals surface area contributed by atoms with Crippen molar-refractivity contribution in [3.05, 3.63) is 0 Å². The highest BCUT2D eigenvalue weighted by Gasteiger charge is 2.44. The minimum absolute atomic E-state index is 0.356. The summed E-state index contributed by atoms with van der Waals surface area (Å²) in [5.41, 5.74) is -0.681. The number of aliphatic carboxylic acids is 1. The van der Waals surface area contributed by atoms with Crippen LogP contribution in [-0.2, 0) is 9.53 Å². The molecule has 1 aliphatic rings. The van der Waals surface area contributed by atoms with E-state index in [2.05, 4.69) is 25.7 Å². The number of hydrogen-bond acceptors (Lipinski definition) is 3. The molecule has 0 aromatic heterocycles. The zero-order valence-electron chi connectivity index (χ0n) is 10.5. The van der Waals surface area contributed by atoms with Gasteiger partial charge in [0.25, 0.3) is 0 Å². The van der Waals surface area contributed by atoms with E-state index in [-0.39, 0.29) is 0 Å². The average Bonchev–Trinajstić information content (AvgIpc) is 2.67. The Labute approximate surface area is 97.6 Å². The van der Waals surface area contributed by atoms with Crippen LogP contribution in [0.3, 0.4) is 0 Å². The van der Waals surface area contributed by atoms with E-state index in [1.54, 1.807) is 0 Å². The van der Waals surface area contributed by atoms with E-state index >= 15 is 0 Å². The molecule has 0 aromatic rings. The smallest absolute Gasteiger partial charge is 0.313 e. The fourth-order valence-corrected chi connectivity index (χ4v) is 2.16. The fraction of sp³-hybridized carbons (Fsp3) is 0.917. The lowest BCUT2D eigenvalue weighted by atomic mass is 9.86. The second-order valence-corrected chi connectivity index (χ2v) is 4.95. The van der Waals surface area contributed by atoms with E-state index in [0.717, 1.165) is 13.0 Å². The highest BCUT2D eigenvalue weighted by atomic mass is 16.5. The third kappa shape index (κ3) is 2.95. The van der Waals surface area contributed by atoms with Gasteiger partial charge in [0.1, 0.15) is 5.41 Å². The van der Waals surface area contributed by atoms with E-state index in [9.17, 15) is 9.90 Å². The summed E-state index contributed by atoms with van der Waals surface area (Å²) in [6.45, 7) is 8.83. The Balaban J connectivity index is 2.69. The Kier molecular flexibility index (Phi) is 4.74. The van der Waals surface area contributed by atoms with Crippen LogP contribution in [0.25, 0.3) is 0 Å². The van der Waals surface area contributed by atoms with E-state index in [1.807, 2.05) is 0 Å². The van der Waals surface area contributed by atoms with Gasteiger partial charge in [-0.05, 0) is 33.2 Å². The molecule has 94 valence electrons. The number of carboxylic acid groups (broad SMARTS) is 1. The van der Waals surface area contributed by atoms with Crippen molar-refractivity contribution in [1.29, 1.82) is 0 Å². The minimum atomic E-state index is -0.716. The molecule has 1 unspecified atom stereocenters. The van der Waals surface area contributed by atoms with Crippen molar-refractivity contribution in [2.24, 2.45) is 5.41 Å². The zero-order valence-corrected chi connectivity index (χ0v) is 10.5. The first-order valence-corrected chi connectivity index (χ1v) is 6.07. The van der Waals surface area contributed by atoms with Gasteiger partial charge in [-0.3, -0.25) is 9.69 Å². The van der Waals surface area contributed by atoms with Crippen LogP contribution in [0, 0.1) is 5.41 Å². The summed E-state index contributed by atoms with van der Waals surface area (Å²) < 4.78 is 5.27. The molecule has 1 rings (SSSR count). The molecule has 0 bridgehead atoms. The molecule has 16 heavy (non-hydrogen) atoms. The van der Waals surface area contributed by atoms with Gasteiger partial charge in [-0.15, -0.1) is 0 Å². The predicted octanol–water partition coefficient (Wildman–Crippen LogP) is 1.60. The minimum Gasteiger partial charge on any atom is -0.481 e. The highest BCUT2D eigenvalue weighted by Crippen LogP contribution is 2.30. The molecule has 4 heteroatoms. The van der Waals surface area contributed by atoms with Crippen molar-refractivity contribution in [1.82, 2.24) is 4.90 Å². The monoisotopic (exact) mass is 229 g/mol. The maximum atomic E-state index is 11.4. The first kappa shape index (κ1) is 13.5. The maximum Gasteiger partial charge on any atom is 0.313 e. The van der Waals surface area contributed by atoms with Gasteiger partial charge in [0.05, 0.1) is 6.61 Å². The molecule has 1 fully saturated rings. The lowest BCUT2D eigenvalue weighted by Gasteiger charge is -2.33. The van der Waals surface area contributed by atoms with E-state index in [4.69, 9.17) is 4.74 Å². The lowest BCUT2D eigenvalue weighted by molar-refractivity contribution is -0.150. The maximum absolute atomic E-state index is 11.4. The molecular formula is C12H23NO3. The summed E-state index contributed by atoms with van der Waals surface area (Å²) in [6.07, 6.45) is 1.68. The van der Waals surface area contributed by atoms with Crippen LogP contribution in [0.4, 0.5) is 0 Å². The lowest BCUT2D eigenvalue weighted by Crippen LogP contribution is -2.46. The second-order valence-electron chi connectivity index (χ2n) is 4.95. The molecule has 1 heterocycles. The van der Waals surface area contributed by atoms with Crippen molar-refractivity contribution < 1.29 is 14.6 Å². The molecule has 0 aliphatic carbocycles.